The van der Waals surface area contributed by atoms with Gasteiger partial charge >= 0.3 is 5.97 Å². The molecule has 4 atom stereocenters. The van der Waals surface area contributed by atoms with Crippen LogP contribution < -0.4 is 5.32 Å². The number of carbonyl (C=O) groups excluding carboxylic acids is 1. The lowest BCUT2D eigenvalue weighted by Crippen LogP contribution is -2.18. The van der Waals surface area contributed by atoms with Gasteiger partial charge in [0.25, 0.3) is 0 Å². The molecule has 3 aliphatic carbocycles. The van der Waals surface area contributed by atoms with E-state index in [1.807, 2.05) is 0 Å². The Labute approximate surface area is 116 Å². The fourth-order valence-corrected chi connectivity index (χ4v) is 4.55. The van der Waals surface area contributed by atoms with Crippen molar-refractivity contribution in [3.05, 3.63) is 12.4 Å². The van der Waals surface area contributed by atoms with Gasteiger partial charge in [-0.2, -0.15) is 5.10 Å². The van der Waals surface area contributed by atoms with Gasteiger partial charge in [0, 0.05) is 12.1 Å². The molecule has 1 aromatic rings. The summed E-state index contributed by atoms with van der Waals surface area (Å²) >= 11 is 0. The van der Waals surface area contributed by atoms with E-state index in [1.54, 1.807) is 6.20 Å². The molecule has 3 aliphatic rings. The van der Waals surface area contributed by atoms with E-state index in [0.29, 0.717) is 17.5 Å². The number of hydrogen-bond donors (Lipinski definition) is 2. The third-order valence-electron chi connectivity index (χ3n) is 5.24. The summed E-state index contributed by atoms with van der Waals surface area (Å²) in [5.41, 5.74) is 0.591. The molecule has 1 aromatic heterocycles. The first-order chi connectivity index (χ1) is 9.63. The SMILES string of the molecule is O=C(O)Cn1cc(NC(=O)C2C3C4CCC(C4)C23)cn1. The Morgan fingerprint density at radius 3 is 2.70 bits per heavy atom. The van der Waals surface area contributed by atoms with Crippen LogP contribution in [0.5, 0.6) is 0 Å². The van der Waals surface area contributed by atoms with Crippen LogP contribution in [0, 0.1) is 29.6 Å². The van der Waals surface area contributed by atoms with Crippen LogP contribution in [0.25, 0.3) is 0 Å². The van der Waals surface area contributed by atoms with E-state index in [9.17, 15) is 9.59 Å². The standard InChI is InChI=1S/C14H17N3O3/c18-10(19)6-17-5-9(4-15-17)16-14(20)13-11-7-1-2-8(3-7)12(11)13/h4-5,7-8,11-13H,1-3,6H2,(H,16,20)(H,18,19). The molecular formula is C14H17N3O3. The average Bonchev–Trinajstić information content (AvgIpc) is 2.74. The van der Waals surface area contributed by atoms with Gasteiger partial charge < -0.3 is 10.4 Å². The maximum Gasteiger partial charge on any atom is 0.325 e. The van der Waals surface area contributed by atoms with Gasteiger partial charge in [-0.15, -0.1) is 0 Å². The molecule has 106 valence electrons. The minimum atomic E-state index is -0.945. The van der Waals surface area contributed by atoms with Gasteiger partial charge in [0.2, 0.25) is 5.91 Å². The molecule has 6 heteroatoms. The molecule has 0 aliphatic heterocycles. The van der Waals surface area contributed by atoms with Gasteiger partial charge in [0.15, 0.2) is 0 Å². The zero-order valence-electron chi connectivity index (χ0n) is 11.0. The summed E-state index contributed by atoms with van der Waals surface area (Å²) in [4.78, 5) is 22.9. The highest BCUT2D eigenvalue weighted by Gasteiger charge is 2.67. The predicted molar refractivity (Wildman–Crippen MR) is 69.8 cm³/mol. The van der Waals surface area contributed by atoms with Crippen molar-refractivity contribution in [2.24, 2.45) is 29.6 Å². The number of anilines is 1. The summed E-state index contributed by atoms with van der Waals surface area (Å²) in [5, 5.41) is 15.5. The minimum absolute atomic E-state index is 0.0893. The van der Waals surface area contributed by atoms with Crippen molar-refractivity contribution in [3.63, 3.8) is 0 Å². The number of fused-ring (bicyclic) bond motifs is 5. The minimum Gasteiger partial charge on any atom is -0.480 e. The summed E-state index contributed by atoms with van der Waals surface area (Å²) in [6.07, 6.45) is 7.00. The summed E-state index contributed by atoms with van der Waals surface area (Å²) in [6.45, 7) is -0.186. The summed E-state index contributed by atoms with van der Waals surface area (Å²) < 4.78 is 1.31. The van der Waals surface area contributed by atoms with Gasteiger partial charge in [-0.25, -0.2) is 0 Å². The number of carboxylic acids is 1. The van der Waals surface area contributed by atoms with Gasteiger partial charge in [0.05, 0.1) is 11.9 Å². The zero-order chi connectivity index (χ0) is 13.9. The molecule has 3 saturated carbocycles. The number of carboxylic acid groups (broad SMARTS) is 1. The van der Waals surface area contributed by atoms with E-state index in [-0.39, 0.29) is 18.4 Å². The molecule has 6 nitrogen and oxygen atoms in total. The number of nitrogens with zero attached hydrogens (tertiary/aromatic N) is 2. The molecule has 0 aromatic carbocycles. The van der Waals surface area contributed by atoms with E-state index in [0.717, 1.165) is 11.8 Å². The van der Waals surface area contributed by atoms with Crippen LogP contribution in [-0.4, -0.2) is 26.8 Å². The van der Waals surface area contributed by atoms with Crippen molar-refractivity contribution < 1.29 is 14.7 Å². The largest absolute Gasteiger partial charge is 0.480 e. The second kappa shape index (κ2) is 4.07. The lowest BCUT2D eigenvalue weighted by atomic mass is 10.0. The number of nitrogens with one attached hydrogen (secondary N) is 1. The number of amides is 1. The lowest BCUT2D eigenvalue weighted by Gasteiger charge is -2.08. The fraction of sp³-hybridized carbons (Fsp3) is 0.643. The molecule has 4 rings (SSSR count). The number of aromatic nitrogens is 2. The molecule has 2 N–H and O–H groups in total. The van der Waals surface area contributed by atoms with Crippen LogP contribution in [-0.2, 0) is 16.1 Å². The quantitative estimate of drug-likeness (QED) is 0.864. The Kier molecular flexibility index (Phi) is 2.43. The highest BCUT2D eigenvalue weighted by atomic mass is 16.4. The van der Waals surface area contributed by atoms with E-state index in [2.05, 4.69) is 10.4 Å². The van der Waals surface area contributed by atoms with E-state index in [1.165, 1.54) is 30.1 Å². The fourth-order valence-electron chi connectivity index (χ4n) is 4.55. The third-order valence-corrected chi connectivity index (χ3v) is 5.24. The first-order valence-corrected chi connectivity index (χ1v) is 7.18. The Morgan fingerprint density at radius 2 is 2.05 bits per heavy atom. The maximum absolute atomic E-state index is 12.3. The molecule has 20 heavy (non-hydrogen) atoms. The van der Waals surface area contributed by atoms with Gasteiger partial charge in [0.1, 0.15) is 6.54 Å². The van der Waals surface area contributed by atoms with Crippen LogP contribution in [0.2, 0.25) is 0 Å². The van der Waals surface area contributed by atoms with Crippen LogP contribution in [0.3, 0.4) is 0 Å². The van der Waals surface area contributed by atoms with Gasteiger partial charge in [-0.1, -0.05) is 0 Å². The first kappa shape index (κ1) is 11.9. The van der Waals surface area contributed by atoms with E-state index in [4.69, 9.17) is 5.11 Å². The van der Waals surface area contributed by atoms with Crippen molar-refractivity contribution in [2.75, 3.05) is 5.32 Å². The summed E-state index contributed by atoms with van der Waals surface area (Å²) in [5.74, 6) is 2.10. The monoisotopic (exact) mass is 275 g/mol. The molecule has 0 spiro atoms. The Hall–Kier alpha value is -1.85. The van der Waals surface area contributed by atoms with Crippen LogP contribution in [0.4, 0.5) is 5.69 Å². The van der Waals surface area contributed by atoms with E-state index >= 15 is 0 Å². The molecule has 3 fully saturated rings. The van der Waals surface area contributed by atoms with Crippen LogP contribution >= 0.6 is 0 Å². The Morgan fingerprint density at radius 1 is 1.35 bits per heavy atom. The van der Waals surface area contributed by atoms with Crippen molar-refractivity contribution >= 4 is 17.6 Å². The van der Waals surface area contributed by atoms with Gasteiger partial charge in [-0.05, 0) is 42.9 Å². The normalized spacial score (nSPS) is 36.7. The smallest absolute Gasteiger partial charge is 0.325 e. The average molecular weight is 275 g/mol. The highest BCUT2D eigenvalue weighted by molar-refractivity contribution is 5.95. The lowest BCUT2D eigenvalue weighted by molar-refractivity contribution is -0.137. The molecular weight excluding hydrogens is 258 g/mol. The van der Waals surface area contributed by atoms with Crippen molar-refractivity contribution in [3.8, 4) is 0 Å². The predicted octanol–water partition coefficient (Wildman–Crippen LogP) is 1.20. The van der Waals surface area contributed by atoms with Crippen molar-refractivity contribution in [1.29, 1.82) is 0 Å². The molecule has 2 bridgehead atoms. The Balaban J connectivity index is 1.39. The zero-order valence-corrected chi connectivity index (χ0v) is 11.0. The van der Waals surface area contributed by atoms with Crippen LogP contribution in [0.15, 0.2) is 12.4 Å². The third kappa shape index (κ3) is 1.74. The maximum atomic E-state index is 12.3. The molecule has 4 unspecified atom stereocenters. The number of aliphatic carboxylic acids is 1. The second-order valence-electron chi connectivity index (χ2n) is 6.32. The van der Waals surface area contributed by atoms with Crippen molar-refractivity contribution in [1.82, 2.24) is 9.78 Å². The highest BCUT2D eigenvalue weighted by Crippen LogP contribution is 2.69. The van der Waals surface area contributed by atoms with Crippen LogP contribution in [0.1, 0.15) is 19.3 Å². The van der Waals surface area contributed by atoms with Gasteiger partial charge in [-0.3, -0.25) is 14.3 Å². The summed E-state index contributed by atoms with van der Waals surface area (Å²) in [7, 11) is 0. The first-order valence-electron chi connectivity index (χ1n) is 7.18. The Bertz CT molecular complexity index is 566. The van der Waals surface area contributed by atoms with E-state index < -0.39 is 5.97 Å². The number of rotatable bonds is 4. The molecule has 1 amide bonds. The topological polar surface area (TPSA) is 84.2 Å². The molecule has 0 radical (unpaired) electrons. The van der Waals surface area contributed by atoms with Crippen molar-refractivity contribution in [2.45, 2.75) is 25.8 Å². The number of carbonyl (C=O) groups is 2. The second-order valence-corrected chi connectivity index (χ2v) is 6.32. The number of hydrogen-bond acceptors (Lipinski definition) is 3. The molecule has 0 saturated heterocycles. The summed E-state index contributed by atoms with van der Waals surface area (Å²) in [6, 6.07) is 0. The molecule has 1 heterocycles.